The maximum atomic E-state index is 13.1. The van der Waals surface area contributed by atoms with Crippen molar-refractivity contribution in [2.24, 2.45) is 5.92 Å². The molecule has 8 nitrogen and oxygen atoms in total. The zero-order valence-electron chi connectivity index (χ0n) is 18.9. The third-order valence-corrected chi connectivity index (χ3v) is 8.84. The van der Waals surface area contributed by atoms with Crippen LogP contribution >= 0.6 is 0 Å². The molecule has 0 spiro atoms. The highest BCUT2D eigenvalue weighted by Gasteiger charge is 2.40. The highest BCUT2D eigenvalue weighted by molar-refractivity contribution is 7.86. The van der Waals surface area contributed by atoms with Gasteiger partial charge in [-0.1, -0.05) is 25.5 Å². The van der Waals surface area contributed by atoms with Crippen LogP contribution in [0.5, 0.6) is 0 Å². The number of nitrogens with zero attached hydrogens (tertiary/aromatic N) is 4. The smallest absolute Gasteiger partial charge is 0.282 e. The number of carbonyl (C=O) groups excluding carboxylic acids is 2. The molecule has 0 aromatic heterocycles. The Morgan fingerprint density at radius 2 is 1.59 bits per heavy atom. The molecule has 32 heavy (non-hydrogen) atoms. The van der Waals surface area contributed by atoms with Crippen molar-refractivity contribution >= 4 is 27.7 Å². The molecule has 0 radical (unpaired) electrons. The summed E-state index contributed by atoms with van der Waals surface area (Å²) in [6, 6.07) is 8.07. The van der Waals surface area contributed by atoms with Crippen molar-refractivity contribution in [1.82, 2.24) is 13.5 Å². The van der Waals surface area contributed by atoms with Crippen LogP contribution in [-0.2, 0) is 26.2 Å². The third-order valence-electron chi connectivity index (χ3n) is 6.81. The van der Waals surface area contributed by atoms with Gasteiger partial charge >= 0.3 is 0 Å². The number of benzene rings is 1. The first-order chi connectivity index (χ1) is 15.4. The Hall–Kier alpha value is -1.97. The van der Waals surface area contributed by atoms with Gasteiger partial charge in [0.1, 0.15) is 0 Å². The van der Waals surface area contributed by atoms with Gasteiger partial charge in [-0.2, -0.15) is 17.0 Å². The lowest BCUT2D eigenvalue weighted by atomic mass is 10.1. The van der Waals surface area contributed by atoms with E-state index in [1.165, 1.54) is 9.87 Å². The number of amides is 2. The highest BCUT2D eigenvalue weighted by Crippen LogP contribution is 2.27. The summed E-state index contributed by atoms with van der Waals surface area (Å²) >= 11 is 0. The van der Waals surface area contributed by atoms with E-state index in [0.717, 1.165) is 37.8 Å². The number of rotatable bonds is 7. The van der Waals surface area contributed by atoms with Crippen LogP contribution in [0.1, 0.15) is 44.6 Å². The predicted molar refractivity (Wildman–Crippen MR) is 123 cm³/mol. The molecule has 1 atom stereocenters. The zero-order valence-corrected chi connectivity index (χ0v) is 19.7. The van der Waals surface area contributed by atoms with Crippen LogP contribution in [0.2, 0.25) is 0 Å². The zero-order chi connectivity index (χ0) is 22.7. The van der Waals surface area contributed by atoms with Crippen molar-refractivity contribution in [2.45, 2.75) is 45.4 Å². The van der Waals surface area contributed by atoms with Gasteiger partial charge in [0, 0.05) is 57.9 Å². The predicted octanol–water partition coefficient (Wildman–Crippen LogP) is 1.87. The maximum absolute atomic E-state index is 13.1. The summed E-state index contributed by atoms with van der Waals surface area (Å²) in [5.41, 5.74) is 2.10. The molecule has 3 fully saturated rings. The lowest BCUT2D eigenvalue weighted by Gasteiger charge is -2.36. The van der Waals surface area contributed by atoms with Crippen LogP contribution in [0, 0.1) is 5.92 Å². The van der Waals surface area contributed by atoms with E-state index in [1.807, 2.05) is 12.1 Å². The van der Waals surface area contributed by atoms with Crippen molar-refractivity contribution < 1.29 is 18.0 Å². The van der Waals surface area contributed by atoms with E-state index in [9.17, 15) is 18.0 Å². The summed E-state index contributed by atoms with van der Waals surface area (Å²) in [7, 11) is -3.43. The SMILES string of the molecule is CCCCc1ccc(N2CC(C(=O)N3CCN(S(=O)(=O)N4CCCC4)CC3)CC2=O)cc1. The molecule has 3 saturated heterocycles. The second-order valence-corrected chi connectivity index (χ2v) is 10.9. The van der Waals surface area contributed by atoms with Crippen molar-refractivity contribution in [1.29, 1.82) is 0 Å². The quantitative estimate of drug-likeness (QED) is 0.620. The molecular weight excluding hydrogens is 428 g/mol. The summed E-state index contributed by atoms with van der Waals surface area (Å²) in [4.78, 5) is 29.1. The number of anilines is 1. The Morgan fingerprint density at radius 1 is 0.969 bits per heavy atom. The number of hydrogen-bond acceptors (Lipinski definition) is 4. The summed E-state index contributed by atoms with van der Waals surface area (Å²) in [6.07, 6.45) is 5.35. The lowest BCUT2D eigenvalue weighted by molar-refractivity contribution is -0.137. The van der Waals surface area contributed by atoms with Crippen LogP contribution in [0.25, 0.3) is 0 Å². The molecular formula is C23H34N4O4S. The molecule has 3 aliphatic rings. The number of carbonyl (C=O) groups is 2. The van der Waals surface area contributed by atoms with Gasteiger partial charge in [-0.3, -0.25) is 9.59 Å². The van der Waals surface area contributed by atoms with Gasteiger partial charge in [-0.05, 0) is 43.4 Å². The minimum atomic E-state index is -3.43. The molecule has 3 aliphatic heterocycles. The fraction of sp³-hybridized carbons (Fsp3) is 0.652. The lowest BCUT2D eigenvalue weighted by Crippen LogP contribution is -2.54. The van der Waals surface area contributed by atoms with Gasteiger partial charge in [-0.25, -0.2) is 0 Å². The normalized spacial score (nSPS) is 23.3. The van der Waals surface area contributed by atoms with Crippen LogP contribution in [-0.4, -0.2) is 79.6 Å². The van der Waals surface area contributed by atoms with Crippen molar-refractivity contribution in [2.75, 3.05) is 50.7 Å². The Bertz CT molecular complexity index is 920. The molecule has 9 heteroatoms. The van der Waals surface area contributed by atoms with E-state index in [0.29, 0.717) is 45.8 Å². The van der Waals surface area contributed by atoms with Crippen molar-refractivity contribution in [3.63, 3.8) is 0 Å². The highest BCUT2D eigenvalue weighted by atomic mass is 32.2. The molecule has 0 saturated carbocycles. The summed E-state index contributed by atoms with van der Waals surface area (Å²) in [5.74, 6) is -0.442. The molecule has 3 heterocycles. The number of aryl methyl sites for hydroxylation is 1. The van der Waals surface area contributed by atoms with E-state index in [1.54, 1.807) is 14.1 Å². The Kier molecular flexibility index (Phi) is 7.17. The molecule has 2 amide bonds. The first-order valence-electron chi connectivity index (χ1n) is 11.8. The topological polar surface area (TPSA) is 81.2 Å². The Morgan fingerprint density at radius 3 is 2.22 bits per heavy atom. The summed E-state index contributed by atoms with van der Waals surface area (Å²) in [5, 5.41) is 0. The van der Waals surface area contributed by atoms with E-state index in [-0.39, 0.29) is 24.2 Å². The Balaban J connectivity index is 1.32. The maximum Gasteiger partial charge on any atom is 0.282 e. The van der Waals surface area contributed by atoms with Crippen LogP contribution in [0.15, 0.2) is 24.3 Å². The number of piperazine rings is 1. The van der Waals surface area contributed by atoms with Gasteiger partial charge in [0.15, 0.2) is 0 Å². The molecule has 0 bridgehead atoms. The molecule has 1 aromatic carbocycles. The van der Waals surface area contributed by atoms with E-state index in [4.69, 9.17) is 0 Å². The van der Waals surface area contributed by atoms with Gasteiger partial charge < -0.3 is 9.80 Å². The molecule has 1 unspecified atom stereocenters. The second kappa shape index (κ2) is 9.89. The molecule has 4 rings (SSSR count). The standard InChI is InChI=1S/C23H34N4O4S/c1-2-3-6-19-7-9-21(10-8-19)27-18-20(17-22(27)28)23(29)24-13-15-26(16-14-24)32(30,31)25-11-4-5-12-25/h7-10,20H,2-6,11-18H2,1H3. The van der Waals surface area contributed by atoms with Gasteiger partial charge in [-0.15, -0.1) is 0 Å². The van der Waals surface area contributed by atoms with Gasteiger partial charge in [0.2, 0.25) is 11.8 Å². The van der Waals surface area contributed by atoms with Crippen LogP contribution in [0.3, 0.4) is 0 Å². The average molecular weight is 463 g/mol. The minimum absolute atomic E-state index is 0.0279. The van der Waals surface area contributed by atoms with Crippen LogP contribution < -0.4 is 4.90 Å². The van der Waals surface area contributed by atoms with Gasteiger partial charge in [0.25, 0.3) is 10.2 Å². The largest absolute Gasteiger partial charge is 0.340 e. The third kappa shape index (κ3) is 4.84. The number of unbranched alkanes of at least 4 members (excludes halogenated alkanes) is 1. The summed E-state index contributed by atoms with van der Waals surface area (Å²) in [6.45, 7) is 5.11. The average Bonchev–Trinajstić information content (AvgIpc) is 3.48. The summed E-state index contributed by atoms with van der Waals surface area (Å²) < 4.78 is 28.5. The number of hydrogen-bond donors (Lipinski definition) is 0. The Labute approximate surface area is 191 Å². The molecule has 0 N–H and O–H groups in total. The first kappa shape index (κ1) is 23.2. The fourth-order valence-corrected chi connectivity index (χ4v) is 6.50. The van der Waals surface area contributed by atoms with Gasteiger partial charge in [0.05, 0.1) is 5.92 Å². The fourth-order valence-electron chi connectivity index (χ4n) is 4.83. The van der Waals surface area contributed by atoms with Crippen molar-refractivity contribution in [3.05, 3.63) is 29.8 Å². The molecule has 176 valence electrons. The molecule has 1 aromatic rings. The van der Waals surface area contributed by atoms with Crippen molar-refractivity contribution in [3.8, 4) is 0 Å². The monoisotopic (exact) mass is 462 g/mol. The van der Waals surface area contributed by atoms with E-state index in [2.05, 4.69) is 19.1 Å². The first-order valence-corrected chi connectivity index (χ1v) is 13.2. The van der Waals surface area contributed by atoms with Crippen LogP contribution in [0.4, 0.5) is 5.69 Å². The van der Waals surface area contributed by atoms with E-state index < -0.39 is 10.2 Å². The minimum Gasteiger partial charge on any atom is -0.340 e. The van der Waals surface area contributed by atoms with E-state index >= 15 is 0 Å². The second-order valence-electron chi connectivity index (χ2n) is 9.01. The molecule has 0 aliphatic carbocycles.